The molecule has 1 unspecified atom stereocenters. The van der Waals surface area contributed by atoms with Gasteiger partial charge in [0.05, 0.1) is 6.04 Å². The lowest BCUT2D eigenvalue weighted by atomic mass is 10.1. The van der Waals surface area contributed by atoms with E-state index in [9.17, 15) is 13.2 Å². The average molecular weight is 302 g/mol. The first-order chi connectivity index (χ1) is 9.39. The predicted octanol–water partition coefficient (Wildman–Crippen LogP) is 3.51. The number of ether oxygens (including phenoxy) is 1. The zero-order valence-corrected chi connectivity index (χ0v) is 11.4. The van der Waals surface area contributed by atoms with Crippen LogP contribution in [0.2, 0.25) is 0 Å². The summed E-state index contributed by atoms with van der Waals surface area (Å²) in [6, 6.07) is 9.23. The number of benzene rings is 1. The Balaban J connectivity index is 2.29. The molecule has 0 saturated heterocycles. The van der Waals surface area contributed by atoms with Crippen LogP contribution >= 0.6 is 11.3 Å². The molecule has 0 aliphatic carbocycles. The summed E-state index contributed by atoms with van der Waals surface area (Å²) in [6.45, 7) is 1.95. The molecule has 0 saturated carbocycles. The van der Waals surface area contributed by atoms with E-state index in [-0.39, 0.29) is 11.8 Å². The van der Waals surface area contributed by atoms with Crippen LogP contribution in [0.4, 0.5) is 13.2 Å². The molecule has 0 radical (unpaired) electrons. The molecular weight excluding hydrogens is 289 g/mol. The first kappa shape index (κ1) is 14.8. The summed E-state index contributed by atoms with van der Waals surface area (Å²) in [6.07, 6.45) is -4.70. The van der Waals surface area contributed by atoms with E-state index >= 15 is 0 Å². The average Bonchev–Trinajstić information content (AvgIpc) is 2.75. The van der Waals surface area contributed by atoms with Gasteiger partial charge < -0.3 is 4.74 Å². The van der Waals surface area contributed by atoms with Crippen molar-refractivity contribution in [3.8, 4) is 5.75 Å². The molecular formula is C13H13F3N2OS. The highest BCUT2D eigenvalue weighted by molar-refractivity contribution is 7.12. The van der Waals surface area contributed by atoms with E-state index in [1.807, 2.05) is 19.1 Å². The minimum atomic E-state index is -4.70. The zero-order chi connectivity index (χ0) is 14.8. The van der Waals surface area contributed by atoms with Crippen LogP contribution in [0, 0.1) is 6.92 Å². The molecule has 0 fully saturated rings. The second kappa shape index (κ2) is 5.82. The minimum absolute atomic E-state index is 0.261. The number of nitrogens with two attached hydrogens (primary N) is 1. The van der Waals surface area contributed by atoms with E-state index in [0.717, 1.165) is 9.75 Å². The van der Waals surface area contributed by atoms with Crippen molar-refractivity contribution in [1.82, 2.24) is 5.43 Å². The van der Waals surface area contributed by atoms with E-state index in [1.54, 1.807) is 6.07 Å². The van der Waals surface area contributed by atoms with Gasteiger partial charge in [-0.1, -0.05) is 12.1 Å². The molecule has 0 spiro atoms. The largest absolute Gasteiger partial charge is 0.573 e. The normalized spacial score (nSPS) is 13.2. The Morgan fingerprint density at radius 3 is 2.55 bits per heavy atom. The Morgan fingerprint density at radius 1 is 1.25 bits per heavy atom. The first-order valence-electron chi connectivity index (χ1n) is 5.77. The smallest absolute Gasteiger partial charge is 0.406 e. The maximum absolute atomic E-state index is 12.2. The molecule has 0 amide bonds. The molecule has 0 aliphatic heterocycles. The van der Waals surface area contributed by atoms with Crippen LogP contribution in [-0.4, -0.2) is 6.36 Å². The van der Waals surface area contributed by atoms with Crippen LogP contribution in [0.1, 0.15) is 21.4 Å². The Morgan fingerprint density at radius 2 is 2.00 bits per heavy atom. The van der Waals surface area contributed by atoms with Crippen molar-refractivity contribution < 1.29 is 17.9 Å². The number of hydrogen-bond donors (Lipinski definition) is 2. The van der Waals surface area contributed by atoms with Crippen molar-refractivity contribution in [2.24, 2.45) is 5.84 Å². The molecule has 1 aromatic carbocycles. The number of alkyl halides is 3. The lowest BCUT2D eigenvalue weighted by Crippen LogP contribution is -2.28. The van der Waals surface area contributed by atoms with E-state index in [0.29, 0.717) is 5.56 Å². The van der Waals surface area contributed by atoms with Crippen LogP contribution in [0.25, 0.3) is 0 Å². The van der Waals surface area contributed by atoms with Crippen molar-refractivity contribution >= 4 is 11.3 Å². The molecule has 1 atom stereocenters. The highest BCUT2D eigenvalue weighted by Crippen LogP contribution is 2.31. The van der Waals surface area contributed by atoms with Crippen LogP contribution < -0.4 is 16.0 Å². The third-order valence-corrected chi connectivity index (χ3v) is 3.70. The fraction of sp³-hybridized carbons (Fsp3) is 0.231. The summed E-state index contributed by atoms with van der Waals surface area (Å²) in [5, 5.41) is 0. The van der Waals surface area contributed by atoms with Crippen molar-refractivity contribution in [2.45, 2.75) is 19.3 Å². The highest BCUT2D eigenvalue weighted by Gasteiger charge is 2.31. The Hall–Kier alpha value is -1.57. The number of rotatable bonds is 4. The number of thiophene rings is 1. The monoisotopic (exact) mass is 302 g/mol. The minimum Gasteiger partial charge on any atom is -0.406 e. The third-order valence-electron chi connectivity index (χ3n) is 2.64. The van der Waals surface area contributed by atoms with Gasteiger partial charge in [0.2, 0.25) is 0 Å². The van der Waals surface area contributed by atoms with Gasteiger partial charge in [-0.25, -0.2) is 5.43 Å². The van der Waals surface area contributed by atoms with Crippen LogP contribution in [0.15, 0.2) is 36.4 Å². The lowest BCUT2D eigenvalue weighted by molar-refractivity contribution is -0.274. The van der Waals surface area contributed by atoms with E-state index in [1.165, 1.54) is 29.5 Å². The molecule has 1 aromatic heterocycles. The maximum Gasteiger partial charge on any atom is 0.573 e. The molecule has 3 nitrogen and oxygen atoms in total. The number of nitrogens with one attached hydrogen (secondary N) is 1. The summed E-state index contributed by atoms with van der Waals surface area (Å²) >= 11 is 1.53. The number of hydrazine groups is 1. The molecule has 0 aliphatic rings. The van der Waals surface area contributed by atoms with Gasteiger partial charge >= 0.3 is 6.36 Å². The van der Waals surface area contributed by atoms with Gasteiger partial charge in [0.25, 0.3) is 0 Å². The summed E-state index contributed by atoms with van der Waals surface area (Å²) < 4.78 is 40.6. The van der Waals surface area contributed by atoms with E-state index < -0.39 is 6.36 Å². The lowest BCUT2D eigenvalue weighted by Gasteiger charge is -2.16. The van der Waals surface area contributed by atoms with Crippen LogP contribution in [-0.2, 0) is 0 Å². The number of aryl methyl sites for hydroxylation is 1. The molecule has 2 aromatic rings. The second-order valence-electron chi connectivity index (χ2n) is 4.17. The van der Waals surface area contributed by atoms with Crippen molar-refractivity contribution in [3.05, 3.63) is 51.7 Å². The van der Waals surface area contributed by atoms with Gasteiger partial charge in [0, 0.05) is 9.75 Å². The van der Waals surface area contributed by atoms with Gasteiger partial charge in [0.15, 0.2) is 0 Å². The molecule has 1 heterocycles. The molecule has 2 rings (SSSR count). The topological polar surface area (TPSA) is 47.3 Å². The molecule has 20 heavy (non-hydrogen) atoms. The van der Waals surface area contributed by atoms with Crippen molar-refractivity contribution in [1.29, 1.82) is 0 Å². The summed E-state index contributed by atoms with van der Waals surface area (Å²) in [4.78, 5) is 2.03. The van der Waals surface area contributed by atoms with Gasteiger partial charge in [-0.3, -0.25) is 5.84 Å². The van der Waals surface area contributed by atoms with Crippen LogP contribution in [0.5, 0.6) is 5.75 Å². The molecule has 0 bridgehead atoms. The van der Waals surface area contributed by atoms with E-state index in [2.05, 4.69) is 10.2 Å². The fourth-order valence-corrected chi connectivity index (χ4v) is 2.81. The summed E-state index contributed by atoms with van der Waals surface area (Å²) in [5.41, 5.74) is 3.22. The first-order valence-corrected chi connectivity index (χ1v) is 6.59. The summed E-state index contributed by atoms with van der Waals surface area (Å²) in [7, 11) is 0. The molecule has 108 valence electrons. The standard InChI is InChI=1S/C13H13F3N2OS/c1-8-5-6-11(20-8)12(18-17)9-3-2-4-10(7-9)19-13(14,15)16/h2-7,12,18H,17H2,1H3. The highest BCUT2D eigenvalue weighted by atomic mass is 32.1. The number of halogens is 3. The maximum atomic E-state index is 12.2. The Bertz CT molecular complexity index is 583. The Labute approximate surface area is 118 Å². The Kier molecular flexibility index (Phi) is 4.32. The zero-order valence-electron chi connectivity index (χ0n) is 10.6. The van der Waals surface area contributed by atoms with Crippen LogP contribution in [0.3, 0.4) is 0 Å². The predicted molar refractivity (Wildman–Crippen MR) is 71.3 cm³/mol. The third kappa shape index (κ3) is 3.72. The van der Waals surface area contributed by atoms with Gasteiger partial charge in [-0.2, -0.15) is 0 Å². The van der Waals surface area contributed by atoms with Crippen molar-refractivity contribution in [3.63, 3.8) is 0 Å². The SMILES string of the molecule is Cc1ccc(C(NN)c2cccc(OC(F)(F)F)c2)s1. The van der Waals surface area contributed by atoms with Crippen molar-refractivity contribution in [2.75, 3.05) is 0 Å². The van der Waals surface area contributed by atoms with E-state index in [4.69, 9.17) is 5.84 Å². The molecule has 3 N–H and O–H groups in total. The molecule has 7 heteroatoms. The summed E-state index contributed by atoms with van der Waals surface area (Å²) in [5.74, 6) is 5.26. The van der Waals surface area contributed by atoms with Gasteiger partial charge in [-0.05, 0) is 36.8 Å². The number of hydrogen-bond acceptors (Lipinski definition) is 4. The van der Waals surface area contributed by atoms with Gasteiger partial charge in [0.1, 0.15) is 5.75 Å². The van der Waals surface area contributed by atoms with Gasteiger partial charge in [-0.15, -0.1) is 24.5 Å². The second-order valence-corrected chi connectivity index (χ2v) is 5.49. The quantitative estimate of drug-likeness (QED) is 0.671. The fourth-order valence-electron chi connectivity index (χ4n) is 1.84.